The van der Waals surface area contributed by atoms with Crippen LogP contribution in [0.3, 0.4) is 0 Å². The lowest BCUT2D eigenvalue weighted by Crippen LogP contribution is -2.55. The zero-order valence-corrected chi connectivity index (χ0v) is 28.0. The number of rotatable bonds is 23. The highest BCUT2D eigenvalue weighted by Crippen LogP contribution is 2.33. The number of aromatic nitrogens is 2. The molecule has 14 heteroatoms. The van der Waals surface area contributed by atoms with Crippen molar-refractivity contribution >= 4 is 35.4 Å². The monoisotopic (exact) mass is 686 g/mol. The average molecular weight is 687 g/mol. The molecule has 2 heterocycles. The highest BCUT2D eigenvalue weighted by atomic mass is 35.5. The number of carbonyl (C=O) groups is 1. The lowest BCUT2D eigenvalue weighted by molar-refractivity contribution is -0.127. The van der Waals surface area contributed by atoms with Crippen LogP contribution in [0.2, 0.25) is 5.28 Å². The fourth-order valence-electron chi connectivity index (χ4n) is 5.60. The molecule has 1 aliphatic carbocycles. The smallest absolute Gasteiger partial charge is 0.227 e. The largest absolute Gasteiger partial charge is 0.396 e. The normalized spacial score (nSPS) is 18.2. The molecule has 1 saturated heterocycles. The maximum atomic E-state index is 13.3. The Hall–Kier alpha value is -3.35. The maximum Gasteiger partial charge on any atom is 0.227 e. The number of aliphatic hydroxyl groups is 1. The summed E-state index contributed by atoms with van der Waals surface area (Å²) in [5.74, 6) is 3.33. The summed E-state index contributed by atoms with van der Waals surface area (Å²) in [5, 5.41) is 24.2. The summed E-state index contributed by atoms with van der Waals surface area (Å²) in [4.78, 5) is 24.0. The molecule has 1 aromatic heterocycles. The molecule has 1 amide bonds. The molecule has 48 heavy (non-hydrogen) atoms. The maximum absolute atomic E-state index is 13.3. The molecule has 0 spiro atoms. The van der Waals surface area contributed by atoms with E-state index in [1.807, 2.05) is 35.2 Å². The lowest BCUT2D eigenvalue weighted by Gasteiger charge is -2.40. The SMILES string of the molecule is C#CCOCCOCCOCCOCCOCC(NC(=O)C1CN(c2nc(Cl)nc(NC3CCC(CO)C3)c2C=N)C1)c1ccccc1. The summed E-state index contributed by atoms with van der Waals surface area (Å²) in [6.45, 7) is 5.13. The molecule has 3 unspecified atom stereocenters. The number of hydrogen-bond acceptors (Lipinski definition) is 12. The number of hydrogen-bond donors (Lipinski definition) is 4. The fraction of sp³-hybridized carbons (Fsp3) is 0.588. The van der Waals surface area contributed by atoms with E-state index in [-0.39, 0.29) is 48.3 Å². The molecule has 2 aromatic rings. The highest BCUT2D eigenvalue weighted by Gasteiger charge is 2.36. The second kappa shape index (κ2) is 20.9. The van der Waals surface area contributed by atoms with E-state index in [1.165, 1.54) is 6.21 Å². The molecule has 3 atom stereocenters. The first-order chi connectivity index (χ1) is 23.5. The van der Waals surface area contributed by atoms with E-state index in [9.17, 15) is 9.90 Å². The second-order valence-electron chi connectivity index (χ2n) is 11.7. The van der Waals surface area contributed by atoms with Gasteiger partial charge in [-0.05, 0) is 42.3 Å². The van der Waals surface area contributed by atoms with Crippen LogP contribution in [0.25, 0.3) is 0 Å². The van der Waals surface area contributed by atoms with Gasteiger partial charge in [0.2, 0.25) is 11.2 Å². The van der Waals surface area contributed by atoms with Crippen LogP contribution in [-0.4, -0.2) is 119 Å². The number of anilines is 2. The molecule has 0 radical (unpaired) electrons. The molecule has 4 rings (SSSR count). The molecule has 0 bridgehead atoms. The van der Waals surface area contributed by atoms with Crippen LogP contribution < -0.4 is 15.5 Å². The Balaban J connectivity index is 1.18. The summed E-state index contributed by atoms with van der Waals surface area (Å²) in [6.07, 6.45) is 9.00. The van der Waals surface area contributed by atoms with Crippen LogP contribution in [0.1, 0.15) is 36.4 Å². The standard InChI is InChI=1S/C34H47ClN6O7/c1-2-10-44-11-12-45-13-14-46-15-16-47-17-18-48-24-30(26-6-4-3-5-7-26)38-33(43)27-21-41(22-27)32-29(20-36)31(39-34(35)40-32)37-28-9-8-25(19-28)23-42/h1,3-7,20,25,27-28,30,36,42H,8-19,21-24H2,(H,38,43)(H,37,39,40). The first-order valence-corrected chi connectivity index (χ1v) is 16.8. The van der Waals surface area contributed by atoms with Crippen LogP contribution in [0.15, 0.2) is 30.3 Å². The summed E-state index contributed by atoms with van der Waals surface area (Å²) in [5.41, 5.74) is 1.48. The van der Waals surface area contributed by atoms with E-state index in [4.69, 9.17) is 47.1 Å². The number of carbonyl (C=O) groups excluding carboxylic acids is 1. The first-order valence-electron chi connectivity index (χ1n) is 16.4. The predicted molar refractivity (Wildman–Crippen MR) is 183 cm³/mol. The number of ether oxygens (including phenoxy) is 5. The zero-order valence-electron chi connectivity index (χ0n) is 27.3. The van der Waals surface area contributed by atoms with Gasteiger partial charge in [0.1, 0.15) is 18.2 Å². The molecule has 2 fully saturated rings. The van der Waals surface area contributed by atoms with E-state index in [0.29, 0.717) is 89.8 Å². The van der Waals surface area contributed by atoms with Gasteiger partial charge in [-0.2, -0.15) is 9.97 Å². The highest BCUT2D eigenvalue weighted by molar-refractivity contribution is 6.28. The van der Waals surface area contributed by atoms with Crippen molar-refractivity contribution in [3.63, 3.8) is 0 Å². The van der Waals surface area contributed by atoms with E-state index >= 15 is 0 Å². The van der Waals surface area contributed by atoms with Gasteiger partial charge >= 0.3 is 0 Å². The van der Waals surface area contributed by atoms with E-state index < -0.39 is 0 Å². The van der Waals surface area contributed by atoms with Crippen molar-refractivity contribution in [3.05, 3.63) is 46.7 Å². The van der Waals surface area contributed by atoms with Crippen molar-refractivity contribution in [2.75, 3.05) is 96.0 Å². The molecular weight excluding hydrogens is 640 g/mol. The fourth-order valence-corrected chi connectivity index (χ4v) is 5.77. The summed E-state index contributed by atoms with van der Waals surface area (Å²) in [6, 6.07) is 9.52. The third kappa shape index (κ3) is 12.0. The Kier molecular flexibility index (Phi) is 16.3. The Morgan fingerprint density at radius 2 is 1.67 bits per heavy atom. The van der Waals surface area contributed by atoms with Crippen LogP contribution in [0, 0.1) is 29.6 Å². The molecule has 1 aliphatic heterocycles. The van der Waals surface area contributed by atoms with E-state index in [2.05, 4.69) is 26.5 Å². The lowest BCUT2D eigenvalue weighted by atomic mass is 9.97. The van der Waals surface area contributed by atoms with Crippen molar-refractivity contribution in [2.45, 2.75) is 31.3 Å². The third-order valence-electron chi connectivity index (χ3n) is 8.21. The minimum atomic E-state index is -0.330. The number of amides is 1. The molecule has 13 nitrogen and oxygen atoms in total. The Bertz CT molecular complexity index is 1310. The van der Waals surface area contributed by atoms with Crippen molar-refractivity contribution in [2.24, 2.45) is 11.8 Å². The Morgan fingerprint density at radius 1 is 1.02 bits per heavy atom. The van der Waals surface area contributed by atoms with Gasteiger partial charge in [0.05, 0.1) is 77.0 Å². The molecule has 4 N–H and O–H groups in total. The number of halogens is 1. The molecule has 1 saturated carbocycles. The van der Waals surface area contributed by atoms with Gasteiger partial charge in [0, 0.05) is 32.0 Å². The van der Waals surface area contributed by atoms with Gasteiger partial charge in [0.15, 0.2) is 0 Å². The summed E-state index contributed by atoms with van der Waals surface area (Å²) in [7, 11) is 0. The first kappa shape index (κ1) is 37.5. The van der Waals surface area contributed by atoms with Crippen molar-refractivity contribution in [1.82, 2.24) is 15.3 Å². The predicted octanol–water partition coefficient (Wildman–Crippen LogP) is 2.71. The van der Waals surface area contributed by atoms with Crippen molar-refractivity contribution < 1.29 is 33.6 Å². The number of nitrogens with one attached hydrogen (secondary N) is 3. The minimum absolute atomic E-state index is 0.0737. The number of terminal acetylenes is 1. The Labute approximate surface area is 287 Å². The molecular formula is C34H47ClN6O7. The van der Waals surface area contributed by atoms with Gasteiger partial charge < -0.3 is 49.7 Å². The van der Waals surface area contributed by atoms with Gasteiger partial charge in [-0.25, -0.2) is 0 Å². The number of benzene rings is 1. The number of nitrogens with zero attached hydrogens (tertiary/aromatic N) is 3. The van der Waals surface area contributed by atoms with Crippen LogP contribution in [0.4, 0.5) is 11.6 Å². The molecule has 2 aliphatic rings. The van der Waals surface area contributed by atoms with Gasteiger partial charge in [-0.15, -0.1) is 6.42 Å². The van der Waals surface area contributed by atoms with Gasteiger partial charge in [-0.1, -0.05) is 36.3 Å². The van der Waals surface area contributed by atoms with Crippen molar-refractivity contribution in [1.29, 1.82) is 5.41 Å². The molecule has 262 valence electrons. The summed E-state index contributed by atoms with van der Waals surface area (Å²) >= 11 is 6.29. The van der Waals surface area contributed by atoms with Gasteiger partial charge in [-0.3, -0.25) is 4.79 Å². The van der Waals surface area contributed by atoms with Gasteiger partial charge in [0.25, 0.3) is 0 Å². The van der Waals surface area contributed by atoms with E-state index in [1.54, 1.807) is 0 Å². The minimum Gasteiger partial charge on any atom is -0.396 e. The quantitative estimate of drug-likeness (QED) is 0.0589. The zero-order chi connectivity index (χ0) is 34.0. The number of aliphatic hydroxyl groups excluding tert-OH is 1. The van der Waals surface area contributed by atoms with Crippen LogP contribution in [-0.2, 0) is 28.5 Å². The average Bonchev–Trinajstić information content (AvgIpc) is 3.53. The topological polar surface area (TPSA) is 160 Å². The molecule has 1 aromatic carbocycles. The van der Waals surface area contributed by atoms with Crippen LogP contribution in [0.5, 0.6) is 0 Å². The Morgan fingerprint density at radius 3 is 2.27 bits per heavy atom. The van der Waals surface area contributed by atoms with E-state index in [0.717, 1.165) is 24.8 Å². The van der Waals surface area contributed by atoms with Crippen molar-refractivity contribution in [3.8, 4) is 12.3 Å². The summed E-state index contributed by atoms with van der Waals surface area (Å²) < 4.78 is 27.5. The third-order valence-corrected chi connectivity index (χ3v) is 8.38. The second-order valence-corrected chi connectivity index (χ2v) is 12.0. The van der Waals surface area contributed by atoms with Crippen LogP contribution >= 0.6 is 11.6 Å².